The largest absolute Gasteiger partial charge is 0.510 e. The Morgan fingerprint density at radius 1 is 0.767 bits per heavy atom. The molecule has 0 amide bonds. The Morgan fingerprint density at radius 3 is 1.80 bits per heavy atom. The molecule has 0 bridgehead atoms. The van der Waals surface area contributed by atoms with Crippen LogP contribution in [-0.4, -0.2) is 127 Å². The number of hydrogen-bond donors (Lipinski definition) is 2. The van der Waals surface area contributed by atoms with Crippen LogP contribution in [0, 0.1) is 0 Å². The van der Waals surface area contributed by atoms with Gasteiger partial charge in [-0.2, -0.15) is 0 Å². The number of ether oxygens (including phenoxy) is 6. The minimum Gasteiger partial charge on any atom is -0.432 e. The first-order valence-electron chi connectivity index (χ1n) is 18.2. The van der Waals surface area contributed by atoms with Gasteiger partial charge in [-0.05, 0) is 34.1 Å². The minimum absolute atomic E-state index is 0.0216. The zero-order valence-electron chi connectivity index (χ0n) is 32.1. The molecular weight excluding hydrogens is 852 g/mol. The van der Waals surface area contributed by atoms with Crippen LogP contribution in [-0.2, 0) is 60.2 Å². The molecule has 3 unspecified atom stereocenters. The molecule has 29 heteroatoms. The highest BCUT2D eigenvalue weighted by atomic mass is 31.2. The number of rotatable bonds is 10. The van der Waals surface area contributed by atoms with Crippen molar-refractivity contribution in [2.75, 3.05) is 37.8 Å². The summed E-state index contributed by atoms with van der Waals surface area (Å²) in [6.45, 7) is 3.20. The predicted molar refractivity (Wildman–Crippen MR) is 195 cm³/mol. The number of halogens is 2. The molecule has 4 N–H and O–H groups in total. The lowest BCUT2D eigenvalue weighted by Crippen LogP contribution is -2.37. The maximum absolute atomic E-state index is 16.8. The van der Waals surface area contributed by atoms with E-state index in [2.05, 4.69) is 29.9 Å². The van der Waals surface area contributed by atoms with Crippen LogP contribution in [0.3, 0.4) is 0 Å². The summed E-state index contributed by atoms with van der Waals surface area (Å²) < 4.78 is 125. The van der Waals surface area contributed by atoms with Gasteiger partial charge >= 0.3 is 27.7 Å². The Hall–Kier alpha value is -4.72. The van der Waals surface area contributed by atoms with Crippen molar-refractivity contribution >= 4 is 61.7 Å². The fourth-order valence-electron chi connectivity index (χ4n) is 6.34. The van der Waals surface area contributed by atoms with Crippen molar-refractivity contribution in [3.63, 3.8) is 0 Å². The quantitative estimate of drug-likeness (QED) is 0.130. The summed E-state index contributed by atoms with van der Waals surface area (Å²) >= 11 is 0. The van der Waals surface area contributed by atoms with E-state index in [4.69, 9.17) is 62.5 Å². The van der Waals surface area contributed by atoms with Gasteiger partial charge in [0, 0.05) is 0 Å². The first-order valence-corrected chi connectivity index (χ1v) is 21.3. The van der Waals surface area contributed by atoms with Crippen molar-refractivity contribution in [3.8, 4) is 0 Å². The summed E-state index contributed by atoms with van der Waals surface area (Å²) in [6.07, 6.45) is -14.7. The number of phosphoric acid groups is 1. The van der Waals surface area contributed by atoms with E-state index in [1.807, 2.05) is 0 Å². The van der Waals surface area contributed by atoms with Crippen molar-refractivity contribution in [1.82, 2.24) is 39.0 Å². The molecule has 4 aromatic rings. The molecule has 7 heterocycles. The van der Waals surface area contributed by atoms with Gasteiger partial charge in [0.05, 0.1) is 43.7 Å². The number of nitrogens with two attached hydrogens (primary N) is 2. The Bertz CT molecular complexity index is 2130. The third kappa shape index (κ3) is 9.28. The van der Waals surface area contributed by atoms with Gasteiger partial charge < -0.3 is 39.9 Å². The molecule has 60 heavy (non-hydrogen) atoms. The van der Waals surface area contributed by atoms with Crippen LogP contribution in [0.4, 0.5) is 30.0 Å². The molecular formula is C31H40F2N10O15P2. The van der Waals surface area contributed by atoms with Crippen molar-refractivity contribution in [3.05, 3.63) is 25.3 Å². The van der Waals surface area contributed by atoms with Gasteiger partial charge in [-0.3, -0.25) is 31.8 Å². The van der Waals surface area contributed by atoms with E-state index in [1.165, 1.54) is 10.9 Å². The zero-order valence-corrected chi connectivity index (χ0v) is 33.9. The van der Waals surface area contributed by atoms with Crippen LogP contribution in [0.1, 0.15) is 46.6 Å². The van der Waals surface area contributed by atoms with Crippen LogP contribution in [0.5, 0.6) is 0 Å². The van der Waals surface area contributed by atoms with E-state index < -0.39 is 122 Å². The smallest absolute Gasteiger partial charge is 0.432 e. The van der Waals surface area contributed by atoms with E-state index in [9.17, 15) is 18.7 Å². The maximum atomic E-state index is 16.8. The number of carbonyl (C=O) groups excluding carboxylic acids is 2. The average molecular weight is 893 g/mol. The standard InChI is InChI=1S/C31H40F2N10O15P2/c1-14(2)53-30(44)48-12-51-59(46)6-5-16-22(18(32)28(55-16)42-10-40-20-24(34)36-8-38-26(20)42)58-60(47,52-13-49-31(45)54-15(3)4)50-7-17-23(57-59)19(33)29(56-17)43-11-41-21-25(35)37-9-39-27(21)43/h8-11,14-19,22-23,28-29H,5-7,12-13H2,1-4H3,(H2,34,36,38)(H2,35,37,39)/t16?,17-,18-,19-,22-,23-,28-,29-,59?,60?/m1/s1. The second-order valence-corrected chi connectivity index (χ2v) is 17.6. The number of nitrogens with zero attached hydrogens (tertiary/aromatic N) is 8. The fourth-order valence-corrected chi connectivity index (χ4v) is 9.30. The summed E-state index contributed by atoms with van der Waals surface area (Å²) in [5, 5.41) is 0. The SMILES string of the molecule is CC(C)OC(=O)OCOP1(=O)CCC2O[C@@H](n3cnc4c(N)ncnc43)[C@H](F)[C@@H]2OP(=O)(OCOC(=O)OC(C)C)OC[C@H]2O[C@@H](n3cnc4c(N)ncnc43)[C@H](F)[C@@H]2O1. The first kappa shape index (κ1) is 43.4. The molecule has 3 fully saturated rings. The summed E-state index contributed by atoms with van der Waals surface area (Å²) in [7, 11) is -9.75. The molecule has 0 spiro atoms. The molecule has 3 aliphatic heterocycles. The number of imidazole rings is 2. The second kappa shape index (κ2) is 17.7. The Balaban J connectivity index is 1.23. The Labute approximate surface area is 337 Å². The molecule has 25 nitrogen and oxygen atoms in total. The first-order chi connectivity index (χ1) is 28.5. The van der Waals surface area contributed by atoms with Crippen LogP contribution in [0.25, 0.3) is 22.3 Å². The number of fused-ring (bicyclic) bond motifs is 4. The fraction of sp³-hybridized carbons (Fsp3) is 0.613. The highest BCUT2D eigenvalue weighted by Gasteiger charge is 2.55. The zero-order chi connectivity index (χ0) is 42.9. The number of phosphoric ester groups is 1. The molecule has 7 rings (SSSR count). The predicted octanol–water partition coefficient (Wildman–Crippen LogP) is 3.86. The number of hydrogen-bond acceptors (Lipinski definition) is 23. The van der Waals surface area contributed by atoms with Gasteiger partial charge in [0.15, 0.2) is 47.7 Å². The normalized spacial score (nSPS) is 31.1. The molecule has 3 aliphatic rings. The number of aromatic nitrogens is 8. The monoisotopic (exact) mass is 892 g/mol. The number of carbonyl (C=O) groups is 2. The van der Waals surface area contributed by atoms with Crippen molar-refractivity contribution < 1.29 is 78.5 Å². The summed E-state index contributed by atoms with van der Waals surface area (Å²) in [5.74, 6) is -0.0478. The number of anilines is 2. The summed E-state index contributed by atoms with van der Waals surface area (Å²) in [4.78, 5) is 48.6. The van der Waals surface area contributed by atoms with Gasteiger partial charge in [0.1, 0.15) is 42.0 Å². The van der Waals surface area contributed by atoms with E-state index >= 15 is 8.78 Å². The molecule has 0 saturated carbocycles. The topological polar surface area (TPSA) is 309 Å². The van der Waals surface area contributed by atoms with E-state index in [0.29, 0.717) is 0 Å². The Morgan fingerprint density at radius 2 is 1.27 bits per heavy atom. The molecule has 328 valence electrons. The average Bonchev–Trinajstić information content (AvgIpc) is 3.94. The highest BCUT2D eigenvalue weighted by Crippen LogP contribution is 2.58. The van der Waals surface area contributed by atoms with Gasteiger partial charge in [-0.25, -0.2) is 57.4 Å². The van der Waals surface area contributed by atoms with E-state index in [-0.39, 0.29) is 34.0 Å². The summed E-state index contributed by atoms with van der Waals surface area (Å²) in [5.41, 5.74) is 12.2. The number of alkyl halides is 2. The molecule has 0 radical (unpaired) electrons. The van der Waals surface area contributed by atoms with E-state index in [1.54, 1.807) is 27.7 Å². The minimum atomic E-state index is -5.10. The Kier molecular flexibility index (Phi) is 12.8. The van der Waals surface area contributed by atoms with Crippen LogP contribution in [0.15, 0.2) is 25.3 Å². The lowest BCUT2D eigenvalue weighted by molar-refractivity contribution is -0.0666. The third-order valence-corrected chi connectivity index (χ3v) is 12.2. The van der Waals surface area contributed by atoms with Crippen LogP contribution in [0.2, 0.25) is 0 Å². The lowest BCUT2D eigenvalue weighted by atomic mass is 10.1. The van der Waals surface area contributed by atoms with Crippen molar-refractivity contribution in [2.24, 2.45) is 0 Å². The maximum Gasteiger partial charge on any atom is 0.510 e. The third-order valence-electron chi connectivity index (χ3n) is 8.95. The second-order valence-electron chi connectivity index (χ2n) is 13.8. The van der Waals surface area contributed by atoms with Gasteiger partial charge in [0.2, 0.25) is 13.6 Å². The van der Waals surface area contributed by atoms with Crippen molar-refractivity contribution in [2.45, 2.75) is 95.5 Å². The van der Waals surface area contributed by atoms with Crippen LogP contribution >= 0.6 is 15.4 Å². The molecule has 10 atom stereocenters. The molecule has 3 saturated heterocycles. The van der Waals surface area contributed by atoms with Gasteiger partial charge in [0.25, 0.3) is 0 Å². The molecule has 0 aliphatic carbocycles. The number of nitrogen functional groups attached to an aromatic ring is 2. The summed E-state index contributed by atoms with van der Waals surface area (Å²) in [6, 6.07) is 0. The van der Waals surface area contributed by atoms with Crippen molar-refractivity contribution in [1.29, 1.82) is 0 Å². The highest BCUT2D eigenvalue weighted by molar-refractivity contribution is 7.53. The molecule has 4 aromatic heterocycles. The van der Waals surface area contributed by atoms with Gasteiger partial charge in [-0.15, -0.1) is 0 Å². The van der Waals surface area contributed by atoms with E-state index in [0.717, 1.165) is 23.5 Å². The molecule has 0 aromatic carbocycles. The van der Waals surface area contributed by atoms with Gasteiger partial charge in [-0.1, -0.05) is 0 Å². The van der Waals surface area contributed by atoms with Crippen LogP contribution < -0.4 is 11.5 Å². The lowest BCUT2D eigenvalue weighted by Gasteiger charge is -2.30.